The van der Waals surface area contributed by atoms with E-state index in [9.17, 15) is 14.9 Å². The molecule has 0 aliphatic carbocycles. The summed E-state index contributed by atoms with van der Waals surface area (Å²) in [6, 6.07) is 19.2. The number of nitrogens with one attached hydrogen (secondary N) is 2. The van der Waals surface area contributed by atoms with Crippen LogP contribution < -0.4 is 10.6 Å². The maximum absolute atomic E-state index is 13.9. The van der Waals surface area contributed by atoms with Crippen LogP contribution in [0.15, 0.2) is 67.0 Å². The van der Waals surface area contributed by atoms with Crippen LogP contribution in [0, 0.1) is 28.5 Å². The molecule has 1 fully saturated rings. The summed E-state index contributed by atoms with van der Waals surface area (Å²) >= 11 is 12.3. The van der Waals surface area contributed by atoms with Gasteiger partial charge >= 0.3 is 0 Å². The number of pyridine rings is 1. The Morgan fingerprint density at radius 2 is 1.74 bits per heavy atom. The SMILES string of the molecule is CC(C)(C)N1CCC(n2cc([C@@H](Nc3cc(C#N)cc4c(Nc5ccc(F)c(Cl)c5)c(C#N)cnc34)c3ccc(Cl)cc3)nn2)CC1. The van der Waals surface area contributed by atoms with Crippen LogP contribution in [-0.4, -0.2) is 43.5 Å². The van der Waals surface area contributed by atoms with Gasteiger partial charge in [0.1, 0.15) is 17.6 Å². The van der Waals surface area contributed by atoms with E-state index in [1.807, 2.05) is 35.1 Å². The lowest BCUT2D eigenvalue weighted by molar-refractivity contribution is 0.0866. The summed E-state index contributed by atoms with van der Waals surface area (Å²) in [5.74, 6) is -0.559. The number of likely N-dealkylation sites (tertiary alicyclic amines) is 1. The van der Waals surface area contributed by atoms with Gasteiger partial charge in [0.25, 0.3) is 0 Å². The summed E-state index contributed by atoms with van der Waals surface area (Å²) in [6.07, 6.45) is 5.37. The van der Waals surface area contributed by atoms with Gasteiger partial charge in [-0.1, -0.05) is 40.5 Å². The number of nitrogens with zero attached hydrogens (tertiary/aromatic N) is 7. The van der Waals surface area contributed by atoms with Crippen LogP contribution in [0.25, 0.3) is 10.9 Å². The Labute approximate surface area is 282 Å². The lowest BCUT2D eigenvalue weighted by Crippen LogP contribution is -2.46. The number of rotatable bonds is 7. The second kappa shape index (κ2) is 13.2. The smallest absolute Gasteiger partial charge is 0.141 e. The zero-order valence-corrected chi connectivity index (χ0v) is 27.6. The van der Waals surface area contributed by atoms with E-state index in [4.69, 9.17) is 23.2 Å². The van der Waals surface area contributed by atoms with Crippen molar-refractivity contribution in [2.75, 3.05) is 23.7 Å². The number of benzene rings is 3. The van der Waals surface area contributed by atoms with Gasteiger partial charge in [-0.25, -0.2) is 9.07 Å². The van der Waals surface area contributed by atoms with Crippen LogP contribution in [0.1, 0.15) is 68.1 Å². The van der Waals surface area contributed by atoms with E-state index >= 15 is 0 Å². The Kier molecular flexibility index (Phi) is 9.03. The quantitative estimate of drug-likeness (QED) is 0.178. The van der Waals surface area contributed by atoms with Gasteiger partial charge in [0.15, 0.2) is 0 Å². The van der Waals surface area contributed by atoms with Crippen LogP contribution in [0.3, 0.4) is 0 Å². The van der Waals surface area contributed by atoms with E-state index < -0.39 is 11.9 Å². The molecule has 9 nitrogen and oxygen atoms in total. The van der Waals surface area contributed by atoms with Crippen LogP contribution in [0.5, 0.6) is 0 Å². The highest BCUT2D eigenvalue weighted by atomic mass is 35.5. The first-order valence-corrected chi connectivity index (χ1v) is 16.0. The molecule has 0 amide bonds. The summed E-state index contributed by atoms with van der Waals surface area (Å²) < 4.78 is 15.8. The average molecular weight is 669 g/mol. The Morgan fingerprint density at radius 3 is 2.40 bits per heavy atom. The highest BCUT2D eigenvalue weighted by Gasteiger charge is 2.29. The molecule has 0 spiro atoms. The van der Waals surface area contributed by atoms with E-state index in [1.54, 1.807) is 12.1 Å². The van der Waals surface area contributed by atoms with E-state index in [0.29, 0.717) is 44.2 Å². The van der Waals surface area contributed by atoms with Crippen LogP contribution in [0.4, 0.5) is 21.5 Å². The standard InChI is InChI=1S/C35H32Cl2FN9/c1-35(2,3)46-12-10-26(11-13-46)47-20-31(44-45-47)33(22-4-6-24(36)7-5-22)43-30-15-21(17-39)14-27-32(23(18-40)19-41-34(27)30)42-25-8-9-29(38)28(37)16-25/h4-9,14-16,19-20,26,33,43H,10-13H2,1-3H3,(H,41,42)/t33-/m0/s1. The van der Waals surface area contributed by atoms with Crippen molar-refractivity contribution in [3.63, 3.8) is 0 Å². The minimum absolute atomic E-state index is 0.0643. The minimum Gasteiger partial charge on any atom is -0.371 e. The molecule has 2 N–H and O–H groups in total. The molecule has 0 bridgehead atoms. The van der Waals surface area contributed by atoms with Crippen LogP contribution >= 0.6 is 23.2 Å². The number of aromatic nitrogens is 4. The molecule has 0 saturated carbocycles. The van der Waals surface area contributed by atoms with Crippen LogP contribution in [0.2, 0.25) is 10.0 Å². The summed E-state index contributed by atoms with van der Waals surface area (Å²) in [7, 11) is 0. The molecule has 0 unspecified atom stereocenters. The van der Waals surface area contributed by atoms with Gasteiger partial charge < -0.3 is 10.6 Å². The molecule has 5 aromatic rings. The second-order valence-electron chi connectivity index (χ2n) is 12.6. The highest BCUT2D eigenvalue weighted by Crippen LogP contribution is 2.37. The molecule has 3 heterocycles. The lowest BCUT2D eigenvalue weighted by atomic mass is 9.98. The van der Waals surface area contributed by atoms with E-state index in [1.165, 1.54) is 24.4 Å². The molecule has 238 valence electrons. The van der Waals surface area contributed by atoms with E-state index in [2.05, 4.69) is 63.7 Å². The van der Waals surface area contributed by atoms with Crippen molar-refractivity contribution in [2.45, 2.75) is 51.2 Å². The lowest BCUT2D eigenvalue weighted by Gasteiger charge is -2.40. The van der Waals surface area contributed by atoms with Crippen molar-refractivity contribution in [3.8, 4) is 12.1 Å². The molecule has 12 heteroatoms. The molecule has 0 radical (unpaired) electrons. The number of anilines is 3. The van der Waals surface area contributed by atoms with Crippen molar-refractivity contribution in [2.24, 2.45) is 0 Å². The Morgan fingerprint density at radius 1 is 1.00 bits per heavy atom. The van der Waals surface area contributed by atoms with Crippen LogP contribution in [-0.2, 0) is 0 Å². The third-order valence-corrected chi connectivity index (χ3v) is 9.07. The summed E-state index contributed by atoms with van der Waals surface area (Å²) in [4.78, 5) is 7.13. The molecule has 1 atom stereocenters. The molecule has 3 aromatic carbocycles. The molecule has 1 aliphatic heterocycles. The van der Waals surface area contributed by atoms with Gasteiger partial charge in [-0.3, -0.25) is 9.88 Å². The molecule has 1 aliphatic rings. The fourth-order valence-electron chi connectivity index (χ4n) is 5.96. The average Bonchev–Trinajstić information content (AvgIpc) is 3.55. The van der Waals surface area contributed by atoms with Crippen molar-refractivity contribution < 1.29 is 4.39 Å². The predicted octanol–water partition coefficient (Wildman–Crippen LogP) is 8.40. The molecule has 47 heavy (non-hydrogen) atoms. The molecular formula is C35H32Cl2FN9. The van der Waals surface area contributed by atoms with Gasteiger partial charge in [0, 0.05) is 40.9 Å². The normalized spacial score (nSPS) is 14.8. The number of piperidine rings is 1. The van der Waals surface area contributed by atoms with Crippen molar-refractivity contribution in [1.29, 1.82) is 10.5 Å². The number of nitriles is 2. The third-order valence-electron chi connectivity index (χ3n) is 8.52. The summed E-state index contributed by atoms with van der Waals surface area (Å²) in [5.41, 5.74) is 4.23. The van der Waals surface area contributed by atoms with Crippen molar-refractivity contribution in [3.05, 3.63) is 105 Å². The number of hydrogen-bond acceptors (Lipinski definition) is 8. The first-order valence-electron chi connectivity index (χ1n) is 15.2. The van der Waals surface area contributed by atoms with Gasteiger partial charge in [-0.15, -0.1) is 5.10 Å². The van der Waals surface area contributed by atoms with E-state index in [0.717, 1.165) is 31.5 Å². The fraction of sp³-hybridized carbons (Fsp3) is 0.286. The third kappa shape index (κ3) is 6.86. The highest BCUT2D eigenvalue weighted by molar-refractivity contribution is 6.31. The number of hydrogen-bond donors (Lipinski definition) is 2. The van der Waals surface area contributed by atoms with Crippen molar-refractivity contribution >= 4 is 51.2 Å². The summed E-state index contributed by atoms with van der Waals surface area (Å²) in [6.45, 7) is 8.67. The van der Waals surface area contributed by atoms with Gasteiger partial charge in [0.2, 0.25) is 0 Å². The largest absolute Gasteiger partial charge is 0.371 e. The Bertz CT molecular complexity index is 2010. The van der Waals surface area contributed by atoms with Gasteiger partial charge in [0.05, 0.1) is 57.4 Å². The number of fused-ring (bicyclic) bond motifs is 1. The zero-order valence-electron chi connectivity index (χ0n) is 26.1. The van der Waals surface area contributed by atoms with Gasteiger partial charge in [-0.05, 0) is 81.6 Å². The first-order chi connectivity index (χ1) is 22.5. The zero-order chi connectivity index (χ0) is 33.3. The predicted molar refractivity (Wildman–Crippen MR) is 182 cm³/mol. The fourth-order valence-corrected chi connectivity index (χ4v) is 6.26. The Hall–Kier alpha value is -4.74. The maximum Gasteiger partial charge on any atom is 0.141 e. The monoisotopic (exact) mass is 667 g/mol. The molecular weight excluding hydrogens is 636 g/mol. The molecule has 2 aromatic heterocycles. The minimum atomic E-state index is -0.559. The summed E-state index contributed by atoms with van der Waals surface area (Å²) in [5, 5.41) is 37.0. The first kappa shape index (κ1) is 32.2. The maximum atomic E-state index is 13.9. The second-order valence-corrected chi connectivity index (χ2v) is 13.4. The van der Waals surface area contributed by atoms with Gasteiger partial charge in [-0.2, -0.15) is 10.5 Å². The van der Waals surface area contributed by atoms with Crippen molar-refractivity contribution in [1.82, 2.24) is 24.9 Å². The number of halogens is 3. The molecule has 1 saturated heterocycles. The Balaban J connectivity index is 1.40. The topological polar surface area (TPSA) is 118 Å². The molecule has 6 rings (SSSR count). The van der Waals surface area contributed by atoms with E-state index in [-0.39, 0.29) is 22.2 Å².